The van der Waals surface area contributed by atoms with E-state index in [0.717, 1.165) is 26.1 Å². The second kappa shape index (κ2) is 9.73. The molecule has 0 unspecified atom stereocenters. The van der Waals surface area contributed by atoms with Crippen LogP contribution < -0.4 is 5.73 Å². The van der Waals surface area contributed by atoms with E-state index in [1.165, 1.54) is 20.9 Å². The van der Waals surface area contributed by atoms with E-state index >= 15 is 0 Å². The van der Waals surface area contributed by atoms with Crippen LogP contribution in [0.25, 0.3) is 10.4 Å². The van der Waals surface area contributed by atoms with Crippen molar-refractivity contribution in [1.29, 1.82) is 0 Å². The van der Waals surface area contributed by atoms with Gasteiger partial charge in [-0.2, -0.15) is 5.10 Å². The van der Waals surface area contributed by atoms with Crippen LogP contribution in [0, 0.1) is 0 Å². The van der Waals surface area contributed by atoms with Crippen molar-refractivity contribution in [3.05, 3.63) is 65.3 Å². The first kappa shape index (κ1) is 19.7. The third kappa shape index (κ3) is 5.68. The fraction of sp³-hybridized carbons (Fsp3) is 0.316. The molecule has 25 heavy (non-hydrogen) atoms. The van der Waals surface area contributed by atoms with Gasteiger partial charge >= 0.3 is 0 Å². The molecule has 0 aliphatic carbocycles. The largest absolute Gasteiger partial charge is 0.329 e. The summed E-state index contributed by atoms with van der Waals surface area (Å²) >= 11 is 1.84. The van der Waals surface area contributed by atoms with Gasteiger partial charge < -0.3 is 5.73 Å². The van der Waals surface area contributed by atoms with E-state index in [9.17, 15) is 0 Å². The summed E-state index contributed by atoms with van der Waals surface area (Å²) in [6.07, 6.45) is 5.03. The highest BCUT2D eigenvalue weighted by Gasteiger charge is 2.09. The number of aryl methyl sites for hydroxylation is 1. The summed E-state index contributed by atoms with van der Waals surface area (Å²) in [6.45, 7) is 3.60. The number of halogens is 1. The van der Waals surface area contributed by atoms with Crippen LogP contribution >= 0.6 is 23.7 Å². The van der Waals surface area contributed by atoms with Crippen LogP contribution in [0.5, 0.6) is 0 Å². The first-order valence-corrected chi connectivity index (χ1v) is 9.10. The molecule has 0 radical (unpaired) electrons. The van der Waals surface area contributed by atoms with Gasteiger partial charge in [-0.3, -0.25) is 9.58 Å². The molecule has 0 saturated carbocycles. The average Bonchev–Trinajstić information content (AvgIpc) is 3.23. The van der Waals surface area contributed by atoms with Gasteiger partial charge in [0.1, 0.15) is 0 Å². The number of nitrogens with two attached hydrogens (primary N) is 1. The maximum atomic E-state index is 5.80. The zero-order valence-corrected chi connectivity index (χ0v) is 16.1. The SMILES string of the molecule is Cl.Cn1cc(-c2ccc(CN(CCN)CCc3ccccc3)s2)cn1. The number of benzene rings is 1. The Morgan fingerprint density at radius 2 is 1.92 bits per heavy atom. The maximum Gasteiger partial charge on any atom is 0.0576 e. The van der Waals surface area contributed by atoms with Gasteiger partial charge in [-0.05, 0) is 24.1 Å². The topological polar surface area (TPSA) is 47.1 Å². The molecule has 0 amide bonds. The Balaban J connectivity index is 0.00000225. The molecule has 0 bridgehead atoms. The predicted molar refractivity (Wildman–Crippen MR) is 108 cm³/mol. The fourth-order valence-corrected chi connectivity index (χ4v) is 3.80. The summed E-state index contributed by atoms with van der Waals surface area (Å²) in [7, 11) is 1.95. The molecule has 0 spiro atoms. The van der Waals surface area contributed by atoms with Crippen LogP contribution in [0.15, 0.2) is 54.9 Å². The normalized spacial score (nSPS) is 10.8. The summed E-state index contributed by atoms with van der Waals surface area (Å²) in [4.78, 5) is 5.08. The lowest BCUT2D eigenvalue weighted by Crippen LogP contribution is -2.30. The standard InChI is InChI=1S/C19H24N4S.ClH/c1-22-14-17(13-21-22)19-8-7-18(24-19)15-23(12-10-20)11-9-16-5-3-2-4-6-16;/h2-8,13-14H,9-12,15,20H2,1H3;1H. The third-order valence-corrected chi connectivity index (χ3v) is 5.15. The van der Waals surface area contributed by atoms with E-state index in [1.807, 2.05) is 29.3 Å². The quantitative estimate of drug-likeness (QED) is 0.653. The van der Waals surface area contributed by atoms with Gasteiger partial charge in [-0.15, -0.1) is 23.7 Å². The zero-order valence-electron chi connectivity index (χ0n) is 14.5. The minimum absolute atomic E-state index is 0. The molecule has 6 heteroatoms. The summed E-state index contributed by atoms with van der Waals surface area (Å²) in [5.41, 5.74) is 8.36. The molecule has 0 fully saturated rings. The first-order chi connectivity index (χ1) is 11.7. The maximum absolute atomic E-state index is 5.80. The molecule has 1 aromatic carbocycles. The van der Waals surface area contributed by atoms with Crippen molar-refractivity contribution in [1.82, 2.24) is 14.7 Å². The molecule has 134 valence electrons. The molecule has 0 aliphatic heterocycles. The fourth-order valence-electron chi connectivity index (χ4n) is 2.77. The highest BCUT2D eigenvalue weighted by molar-refractivity contribution is 7.15. The van der Waals surface area contributed by atoms with E-state index in [0.29, 0.717) is 6.54 Å². The summed E-state index contributed by atoms with van der Waals surface area (Å²) < 4.78 is 1.84. The van der Waals surface area contributed by atoms with Crippen molar-refractivity contribution >= 4 is 23.7 Å². The van der Waals surface area contributed by atoms with Crippen molar-refractivity contribution in [3.63, 3.8) is 0 Å². The molecule has 0 aliphatic rings. The lowest BCUT2D eigenvalue weighted by molar-refractivity contribution is 0.279. The zero-order chi connectivity index (χ0) is 16.8. The van der Waals surface area contributed by atoms with E-state index < -0.39 is 0 Å². The van der Waals surface area contributed by atoms with Gasteiger partial charge in [-0.25, -0.2) is 0 Å². The summed E-state index contributed by atoms with van der Waals surface area (Å²) in [5.74, 6) is 0. The van der Waals surface area contributed by atoms with Crippen LogP contribution in [0.3, 0.4) is 0 Å². The van der Waals surface area contributed by atoms with E-state index in [1.54, 1.807) is 0 Å². The third-order valence-electron chi connectivity index (χ3n) is 4.04. The smallest absolute Gasteiger partial charge is 0.0576 e. The number of hydrogen-bond donors (Lipinski definition) is 1. The summed E-state index contributed by atoms with van der Waals surface area (Å²) in [6, 6.07) is 15.0. The number of rotatable bonds is 8. The summed E-state index contributed by atoms with van der Waals surface area (Å²) in [5, 5.41) is 4.25. The minimum atomic E-state index is 0. The first-order valence-electron chi connectivity index (χ1n) is 8.28. The van der Waals surface area contributed by atoms with Crippen molar-refractivity contribution in [3.8, 4) is 10.4 Å². The molecular weight excluding hydrogens is 352 g/mol. The van der Waals surface area contributed by atoms with Crippen LogP contribution in [-0.4, -0.2) is 34.3 Å². The molecule has 3 rings (SSSR count). The van der Waals surface area contributed by atoms with Crippen LogP contribution in [0.1, 0.15) is 10.4 Å². The molecule has 0 atom stereocenters. The van der Waals surface area contributed by atoms with Crippen LogP contribution in [0.2, 0.25) is 0 Å². The van der Waals surface area contributed by atoms with Gasteiger partial charge in [-0.1, -0.05) is 30.3 Å². The van der Waals surface area contributed by atoms with Crippen molar-refractivity contribution in [2.24, 2.45) is 12.8 Å². The van der Waals surface area contributed by atoms with Crippen molar-refractivity contribution in [2.75, 3.05) is 19.6 Å². The van der Waals surface area contributed by atoms with E-state index in [-0.39, 0.29) is 12.4 Å². The minimum Gasteiger partial charge on any atom is -0.329 e. The monoisotopic (exact) mass is 376 g/mol. The van der Waals surface area contributed by atoms with Gasteiger partial charge in [0.15, 0.2) is 0 Å². The highest BCUT2D eigenvalue weighted by atomic mass is 35.5. The molecule has 2 N–H and O–H groups in total. The van der Waals surface area contributed by atoms with Gasteiger partial charge in [0.25, 0.3) is 0 Å². The Morgan fingerprint density at radius 3 is 2.60 bits per heavy atom. The van der Waals surface area contributed by atoms with E-state index in [4.69, 9.17) is 5.73 Å². The molecular formula is C19H25ClN4S. The number of hydrogen-bond acceptors (Lipinski definition) is 4. The van der Waals surface area contributed by atoms with Crippen LogP contribution in [-0.2, 0) is 20.0 Å². The lowest BCUT2D eigenvalue weighted by atomic mass is 10.1. The Bertz CT molecular complexity index is 754. The average molecular weight is 377 g/mol. The van der Waals surface area contributed by atoms with Crippen LogP contribution in [0.4, 0.5) is 0 Å². The van der Waals surface area contributed by atoms with Gasteiger partial charge in [0.05, 0.1) is 6.20 Å². The van der Waals surface area contributed by atoms with Crippen molar-refractivity contribution in [2.45, 2.75) is 13.0 Å². The lowest BCUT2D eigenvalue weighted by Gasteiger charge is -2.20. The molecule has 2 aromatic heterocycles. The number of aromatic nitrogens is 2. The number of thiophene rings is 1. The van der Waals surface area contributed by atoms with Crippen molar-refractivity contribution < 1.29 is 0 Å². The molecule has 2 heterocycles. The Hall–Kier alpha value is -1.66. The Labute approximate surface area is 159 Å². The van der Waals surface area contributed by atoms with E-state index in [2.05, 4.69) is 58.7 Å². The molecule has 0 saturated heterocycles. The molecule has 3 aromatic rings. The second-order valence-corrected chi connectivity index (χ2v) is 7.14. The second-order valence-electron chi connectivity index (χ2n) is 5.97. The highest BCUT2D eigenvalue weighted by Crippen LogP contribution is 2.28. The van der Waals surface area contributed by atoms with Gasteiger partial charge in [0, 0.05) is 54.7 Å². The molecule has 4 nitrogen and oxygen atoms in total. The van der Waals surface area contributed by atoms with Gasteiger partial charge in [0.2, 0.25) is 0 Å². The Kier molecular flexibility index (Phi) is 7.65. The number of nitrogens with zero attached hydrogens (tertiary/aromatic N) is 3. The predicted octanol–water partition coefficient (Wildman–Crippen LogP) is 3.57. The Morgan fingerprint density at radius 1 is 1.12 bits per heavy atom.